The smallest absolute Gasteiger partial charge is 0.260 e. The molecule has 3 N–H and O–H groups in total. The Morgan fingerprint density at radius 2 is 2.17 bits per heavy atom. The number of nitrogens with one attached hydrogen (secondary N) is 1. The van der Waals surface area contributed by atoms with E-state index >= 15 is 0 Å². The summed E-state index contributed by atoms with van der Waals surface area (Å²) < 4.78 is 27.4. The van der Waals surface area contributed by atoms with Gasteiger partial charge in [0.05, 0.1) is 9.47 Å². The molecule has 0 saturated carbocycles. The maximum absolute atomic E-state index is 12.0. The second kappa shape index (κ2) is 5.35. The average Bonchev–Trinajstić information content (AvgIpc) is 2.73. The summed E-state index contributed by atoms with van der Waals surface area (Å²) in [5.41, 5.74) is 5.73. The van der Waals surface area contributed by atoms with Gasteiger partial charge < -0.3 is 5.73 Å². The van der Waals surface area contributed by atoms with Crippen LogP contribution in [-0.4, -0.2) is 13.4 Å². The lowest BCUT2D eigenvalue weighted by atomic mass is 10.4. The summed E-state index contributed by atoms with van der Waals surface area (Å²) in [5, 5.41) is -0.138. The molecule has 0 unspecified atom stereocenters. The lowest BCUT2D eigenvalue weighted by Gasteiger charge is -2.06. The van der Waals surface area contributed by atoms with Crippen molar-refractivity contribution in [2.75, 3.05) is 5.73 Å². The molecule has 0 aliphatic carbocycles. The number of sulfonamides is 1. The Balaban J connectivity index is 2.16. The Morgan fingerprint density at radius 1 is 1.39 bits per heavy atom. The van der Waals surface area contributed by atoms with Gasteiger partial charge in [-0.05, 0) is 40.2 Å². The fourth-order valence-electron chi connectivity index (χ4n) is 1.31. The van der Waals surface area contributed by atoms with Gasteiger partial charge >= 0.3 is 0 Å². The topological polar surface area (TPSA) is 85.1 Å². The zero-order chi connectivity index (χ0) is 13.2. The summed E-state index contributed by atoms with van der Waals surface area (Å²) in [6, 6.07) is 6.80. The van der Waals surface area contributed by atoms with Crippen LogP contribution in [0.2, 0.25) is 0 Å². The Morgan fingerprint density at radius 3 is 2.78 bits per heavy atom. The van der Waals surface area contributed by atoms with Crippen LogP contribution in [0.25, 0.3) is 0 Å². The molecule has 0 radical (unpaired) electrons. The summed E-state index contributed by atoms with van der Waals surface area (Å²) in [5.74, 6) is 0. The molecule has 0 aliphatic rings. The van der Waals surface area contributed by atoms with Gasteiger partial charge in [-0.3, -0.25) is 0 Å². The average molecular weight is 348 g/mol. The third kappa shape index (κ3) is 3.08. The van der Waals surface area contributed by atoms with E-state index in [4.69, 9.17) is 5.73 Å². The van der Waals surface area contributed by atoms with Crippen LogP contribution in [0.5, 0.6) is 0 Å². The van der Waals surface area contributed by atoms with E-state index in [0.29, 0.717) is 0 Å². The highest BCUT2D eigenvalue weighted by molar-refractivity contribution is 9.11. The summed E-state index contributed by atoms with van der Waals surface area (Å²) in [6.07, 6.45) is 1.40. The minimum Gasteiger partial charge on any atom is -0.396 e. The quantitative estimate of drug-likeness (QED) is 0.885. The van der Waals surface area contributed by atoms with Gasteiger partial charge in [0.1, 0.15) is 0 Å². The first kappa shape index (κ1) is 13.5. The number of pyridine rings is 1. The standard InChI is InChI=1S/C10H10BrN3O2S2/c11-9-4-3-7(17-9)6-14-18(15,16)10-8(12)2-1-5-13-10/h1-5,14H,6,12H2. The van der Waals surface area contributed by atoms with Crippen molar-refractivity contribution in [1.82, 2.24) is 9.71 Å². The maximum Gasteiger partial charge on any atom is 0.260 e. The van der Waals surface area contributed by atoms with Crippen molar-refractivity contribution >= 4 is 43.0 Å². The summed E-state index contributed by atoms with van der Waals surface area (Å²) in [6.45, 7) is 0.217. The van der Waals surface area contributed by atoms with Gasteiger partial charge in [-0.25, -0.2) is 18.1 Å². The minimum atomic E-state index is -3.67. The van der Waals surface area contributed by atoms with E-state index in [1.165, 1.54) is 23.6 Å². The minimum absolute atomic E-state index is 0.136. The fraction of sp³-hybridized carbons (Fsp3) is 0.100. The van der Waals surface area contributed by atoms with E-state index < -0.39 is 10.0 Å². The van der Waals surface area contributed by atoms with Crippen LogP contribution in [0.15, 0.2) is 39.3 Å². The fourth-order valence-corrected chi connectivity index (χ4v) is 3.88. The van der Waals surface area contributed by atoms with Crippen molar-refractivity contribution < 1.29 is 8.42 Å². The first-order chi connectivity index (χ1) is 8.49. The lowest BCUT2D eigenvalue weighted by molar-refractivity contribution is 0.578. The van der Waals surface area contributed by atoms with Crippen LogP contribution in [-0.2, 0) is 16.6 Å². The van der Waals surface area contributed by atoms with Crippen molar-refractivity contribution in [2.24, 2.45) is 0 Å². The lowest BCUT2D eigenvalue weighted by Crippen LogP contribution is -2.24. The van der Waals surface area contributed by atoms with E-state index in [0.717, 1.165) is 8.66 Å². The molecule has 0 bridgehead atoms. The molecule has 0 fully saturated rings. The Bertz CT molecular complexity index is 655. The number of hydrogen-bond acceptors (Lipinski definition) is 5. The number of nitrogens with two attached hydrogens (primary N) is 1. The molecule has 0 atom stereocenters. The number of anilines is 1. The highest BCUT2D eigenvalue weighted by Crippen LogP contribution is 2.22. The van der Waals surface area contributed by atoms with Gasteiger partial charge in [0.25, 0.3) is 10.0 Å². The predicted molar refractivity (Wildman–Crippen MR) is 74.7 cm³/mol. The Hall–Kier alpha value is -0.960. The summed E-state index contributed by atoms with van der Waals surface area (Å²) >= 11 is 4.78. The zero-order valence-corrected chi connectivity index (χ0v) is 12.3. The highest BCUT2D eigenvalue weighted by atomic mass is 79.9. The molecule has 5 nitrogen and oxygen atoms in total. The van der Waals surface area contributed by atoms with Crippen molar-refractivity contribution in [3.05, 3.63) is 39.1 Å². The van der Waals surface area contributed by atoms with Crippen molar-refractivity contribution in [3.63, 3.8) is 0 Å². The Kier molecular flexibility index (Phi) is 4.00. The number of rotatable bonds is 4. The zero-order valence-electron chi connectivity index (χ0n) is 9.13. The number of nitrogens with zero attached hydrogens (tertiary/aromatic N) is 1. The molecular weight excluding hydrogens is 338 g/mol. The van der Waals surface area contributed by atoms with Crippen molar-refractivity contribution in [1.29, 1.82) is 0 Å². The first-order valence-electron chi connectivity index (χ1n) is 4.93. The van der Waals surface area contributed by atoms with Crippen LogP contribution in [0.4, 0.5) is 5.69 Å². The van der Waals surface area contributed by atoms with E-state index in [1.807, 2.05) is 12.1 Å². The summed E-state index contributed by atoms with van der Waals surface area (Å²) in [4.78, 5) is 4.69. The van der Waals surface area contributed by atoms with Crippen LogP contribution in [0.1, 0.15) is 4.88 Å². The largest absolute Gasteiger partial charge is 0.396 e. The van der Waals surface area contributed by atoms with Crippen LogP contribution in [0, 0.1) is 0 Å². The SMILES string of the molecule is Nc1cccnc1S(=O)(=O)NCc1ccc(Br)s1. The third-order valence-corrected chi connectivity index (χ3v) is 5.12. The molecule has 0 aromatic carbocycles. The molecule has 2 rings (SSSR count). The van der Waals surface area contributed by atoms with E-state index in [-0.39, 0.29) is 17.3 Å². The number of thiophene rings is 1. The number of hydrogen-bond donors (Lipinski definition) is 2. The van der Waals surface area contributed by atoms with Gasteiger partial charge in [0.15, 0.2) is 5.03 Å². The van der Waals surface area contributed by atoms with Gasteiger partial charge in [0.2, 0.25) is 0 Å². The van der Waals surface area contributed by atoms with Crippen molar-refractivity contribution in [3.8, 4) is 0 Å². The highest BCUT2D eigenvalue weighted by Gasteiger charge is 2.18. The van der Waals surface area contributed by atoms with Crippen LogP contribution in [0.3, 0.4) is 0 Å². The molecule has 0 amide bonds. The monoisotopic (exact) mass is 347 g/mol. The molecule has 2 aromatic rings. The van der Waals surface area contributed by atoms with Crippen molar-refractivity contribution in [2.45, 2.75) is 11.6 Å². The Labute approximate surface area is 117 Å². The van der Waals surface area contributed by atoms with E-state index in [2.05, 4.69) is 25.6 Å². The van der Waals surface area contributed by atoms with Gasteiger partial charge in [-0.15, -0.1) is 11.3 Å². The van der Waals surface area contributed by atoms with Gasteiger partial charge in [-0.2, -0.15) is 0 Å². The third-order valence-electron chi connectivity index (χ3n) is 2.12. The molecule has 2 heterocycles. The second-order valence-electron chi connectivity index (χ2n) is 3.43. The molecule has 0 saturated heterocycles. The predicted octanol–water partition coefficient (Wildman–Crippen LogP) is 1.97. The normalized spacial score (nSPS) is 11.6. The van der Waals surface area contributed by atoms with Crippen LogP contribution < -0.4 is 10.5 Å². The molecular formula is C10H10BrN3O2S2. The molecule has 96 valence electrons. The summed E-state index contributed by atoms with van der Waals surface area (Å²) in [7, 11) is -3.67. The first-order valence-corrected chi connectivity index (χ1v) is 8.03. The number of aromatic nitrogens is 1. The molecule has 0 spiro atoms. The molecule has 8 heteroatoms. The second-order valence-corrected chi connectivity index (χ2v) is 7.66. The number of nitrogen functional groups attached to an aromatic ring is 1. The molecule has 2 aromatic heterocycles. The number of halogens is 1. The van der Waals surface area contributed by atoms with E-state index in [1.54, 1.807) is 6.07 Å². The molecule has 18 heavy (non-hydrogen) atoms. The molecule has 0 aliphatic heterocycles. The van der Waals surface area contributed by atoms with Crippen LogP contribution >= 0.6 is 27.3 Å². The van der Waals surface area contributed by atoms with Gasteiger partial charge in [0, 0.05) is 17.6 Å². The van der Waals surface area contributed by atoms with Gasteiger partial charge in [-0.1, -0.05) is 0 Å². The maximum atomic E-state index is 12.0. The van der Waals surface area contributed by atoms with E-state index in [9.17, 15) is 8.42 Å².